The first-order chi connectivity index (χ1) is 6.34. The lowest BCUT2D eigenvalue weighted by Crippen LogP contribution is -2.21. The molecule has 0 heterocycles. The zero-order chi connectivity index (χ0) is 9.10. The molecule has 1 saturated carbocycles. The fraction of sp³-hybridized carbons (Fsp3) is 0.538. The van der Waals surface area contributed by atoms with Crippen LogP contribution in [-0.2, 0) is 6.42 Å². The summed E-state index contributed by atoms with van der Waals surface area (Å²) in [6.45, 7) is 2.36. The van der Waals surface area contributed by atoms with Crippen molar-refractivity contribution in [2.75, 3.05) is 0 Å². The minimum Gasteiger partial charge on any atom is -0.0625 e. The standard InChI is InChI=1S/C13H18/c1-11-9-13(10-11)8-7-12-5-3-2-4-6-12/h2-6,11,13H,7-10H2,1H3. The van der Waals surface area contributed by atoms with Gasteiger partial charge in [0, 0.05) is 0 Å². The van der Waals surface area contributed by atoms with Gasteiger partial charge in [0.2, 0.25) is 0 Å². The summed E-state index contributed by atoms with van der Waals surface area (Å²) in [4.78, 5) is 0. The average Bonchev–Trinajstić information content (AvgIpc) is 2.12. The molecule has 1 aliphatic carbocycles. The summed E-state index contributed by atoms with van der Waals surface area (Å²) in [6.07, 6.45) is 5.60. The molecule has 0 heteroatoms. The quantitative estimate of drug-likeness (QED) is 0.656. The Balaban J connectivity index is 1.74. The predicted octanol–water partition coefficient (Wildman–Crippen LogP) is 3.67. The van der Waals surface area contributed by atoms with E-state index in [-0.39, 0.29) is 0 Å². The van der Waals surface area contributed by atoms with Crippen LogP contribution in [-0.4, -0.2) is 0 Å². The number of benzene rings is 1. The molecule has 0 aliphatic heterocycles. The third-order valence-corrected chi connectivity index (χ3v) is 3.16. The molecule has 1 aliphatic rings. The fourth-order valence-electron chi connectivity index (χ4n) is 2.32. The van der Waals surface area contributed by atoms with E-state index in [0.717, 1.165) is 11.8 Å². The van der Waals surface area contributed by atoms with Crippen LogP contribution in [0.4, 0.5) is 0 Å². The Morgan fingerprint density at radius 1 is 1.15 bits per heavy atom. The maximum atomic E-state index is 2.36. The predicted molar refractivity (Wildman–Crippen MR) is 56.7 cm³/mol. The van der Waals surface area contributed by atoms with E-state index in [1.165, 1.54) is 31.2 Å². The Morgan fingerprint density at radius 2 is 1.85 bits per heavy atom. The number of rotatable bonds is 3. The monoisotopic (exact) mass is 174 g/mol. The van der Waals surface area contributed by atoms with E-state index in [0.29, 0.717) is 0 Å². The summed E-state index contributed by atoms with van der Waals surface area (Å²) in [5.74, 6) is 2.02. The molecule has 0 bridgehead atoms. The molecule has 2 rings (SSSR count). The molecule has 0 atom stereocenters. The summed E-state index contributed by atoms with van der Waals surface area (Å²) in [6, 6.07) is 10.8. The van der Waals surface area contributed by atoms with Gasteiger partial charge in [0.25, 0.3) is 0 Å². The van der Waals surface area contributed by atoms with E-state index in [9.17, 15) is 0 Å². The molecule has 70 valence electrons. The average molecular weight is 174 g/mol. The Hall–Kier alpha value is -0.780. The van der Waals surface area contributed by atoms with Gasteiger partial charge in [-0.15, -0.1) is 0 Å². The van der Waals surface area contributed by atoms with Crippen molar-refractivity contribution in [2.45, 2.75) is 32.6 Å². The fourth-order valence-corrected chi connectivity index (χ4v) is 2.32. The lowest BCUT2D eigenvalue weighted by molar-refractivity contribution is 0.200. The summed E-state index contributed by atoms with van der Waals surface area (Å²) < 4.78 is 0. The topological polar surface area (TPSA) is 0 Å². The van der Waals surface area contributed by atoms with Crippen LogP contribution in [0.25, 0.3) is 0 Å². The van der Waals surface area contributed by atoms with Gasteiger partial charge in [-0.2, -0.15) is 0 Å². The highest BCUT2D eigenvalue weighted by molar-refractivity contribution is 5.14. The van der Waals surface area contributed by atoms with Crippen molar-refractivity contribution >= 4 is 0 Å². The van der Waals surface area contributed by atoms with E-state index in [1.54, 1.807) is 0 Å². The van der Waals surface area contributed by atoms with E-state index in [2.05, 4.69) is 37.3 Å². The summed E-state index contributed by atoms with van der Waals surface area (Å²) in [5.41, 5.74) is 1.50. The molecular weight excluding hydrogens is 156 g/mol. The SMILES string of the molecule is CC1CC(CCc2ccccc2)C1. The molecule has 0 aromatic heterocycles. The Labute approximate surface area is 81.0 Å². The largest absolute Gasteiger partial charge is 0.0625 e. The zero-order valence-electron chi connectivity index (χ0n) is 8.37. The van der Waals surface area contributed by atoms with Crippen LogP contribution >= 0.6 is 0 Å². The summed E-state index contributed by atoms with van der Waals surface area (Å²) in [7, 11) is 0. The van der Waals surface area contributed by atoms with Gasteiger partial charge in [-0.3, -0.25) is 0 Å². The molecule has 0 saturated heterocycles. The van der Waals surface area contributed by atoms with Crippen molar-refractivity contribution in [2.24, 2.45) is 11.8 Å². The maximum Gasteiger partial charge on any atom is -0.0276 e. The molecule has 1 aromatic rings. The molecule has 1 fully saturated rings. The molecule has 0 radical (unpaired) electrons. The highest BCUT2D eigenvalue weighted by atomic mass is 14.3. The van der Waals surface area contributed by atoms with Crippen LogP contribution in [0.5, 0.6) is 0 Å². The molecule has 0 nitrogen and oxygen atoms in total. The van der Waals surface area contributed by atoms with Gasteiger partial charge < -0.3 is 0 Å². The van der Waals surface area contributed by atoms with Crippen LogP contribution in [0.1, 0.15) is 31.7 Å². The summed E-state index contributed by atoms with van der Waals surface area (Å²) >= 11 is 0. The Kier molecular flexibility index (Phi) is 2.68. The molecule has 0 amide bonds. The molecule has 0 unspecified atom stereocenters. The smallest absolute Gasteiger partial charge is 0.0276 e. The lowest BCUT2D eigenvalue weighted by atomic mass is 9.73. The van der Waals surface area contributed by atoms with Gasteiger partial charge in [0.05, 0.1) is 0 Å². The van der Waals surface area contributed by atoms with Crippen molar-refractivity contribution in [1.29, 1.82) is 0 Å². The van der Waals surface area contributed by atoms with Gasteiger partial charge in [-0.25, -0.2) is 0 Å². The van der Waals surface area contributed by atoms with Crippen LogP contribution < -0.4 is 0 Å². The van der Waals surface area contributed by atoms with Crippen LogP contribution in [0.2, 0.25) is 0 Å². The van der Waals surface area contributed by atoms with Crippen molar-refractivity contribution in [3.05, 3.63) is 35.9 Å². The van der Waals surface area contributed by atoms with Gasteiger partial charge in [-0.1, -0.05) is 37.3 Å². The maximum absolute atomic E-state index is 2.36. The number of aryl methyl sites for hydroxylation is 1. The third-order valence-electron chi connectivity index (χ3n) is 3.16. The zero-order valence-corrected chi connectivity index (χ0v) is 8.37. The highest BCUT2D eigenvalue weighted by Gasteiger charge is 2.24. The number of hydrogen-bond donors (Lipinski definition) is 0. The molecule has 13 heavy (non-hydrogen) atoms. The lowest BCUT2D eigenvalue weighted by Gasteiger charge is -2.32. The third kappa shape index (κ3) is 2.33. The highest BCUT2D eigenvalue weighted by Crippen LogP contribution is 2.36. The van der Waals surface area contributed by atoms with Crippen LogP contribution in [0.3, 0.4) is 0 Å². The van der Waals surface area contributed by atoms with Gasteiger partial charge in [-0.05, 0) is 43.1 Å². The first-order valence-electron chi connectivity index (χ1n) is 5.38. The van der Waals surface area contributed by atoms with Crippen molar-refractivity contribution in [3.8, 4) is 0 Å². The van der Waals surface area contributed by atoms with Crippen molar-refractivity contribution in [3.63, 3.8) is 0 Å². The van der Waals surface area contributed by atoms with Gasteiger partial charge in [0.15, 0.2) is 0 Å². The van der Waals surface area contributed by atoms with Gasteiger partial charge >= 0.3 is 0 Å². The van der Waals surface area contributed by atoms with Crippen LogP contribution in [0.15, 0.2) is 30.3 Å². The van der Waals surface area contributed by atoms with Crippen molar-refractivity contribution < 1.29 is 0 Å². The van der Waals surface area contributed by atoms with Gasteiger partial charge in [0.1, 0.15) is 0 Å². The van der Waals surface area contributed by atoms with Crippen molar-refractivity contribution in [1.82, 2.24) is 0 Å². The minimum absolute atomic E-state index is 1.00. The van der Waals surface area contributed by atoms with E-state index < -0.39 is 0 Å². The second-order valence-corrected chi connectivity index (χ2v) is 4.47. The first kappa shape index (κ1) is 8.80. The summed E-state index contributed by atoms with van der Waals surface area (Å²) in [5, 5.41) is 0. The Bertz CT molecular complexity index is 244. The molecule has 0 N–H and O–H groups in total. The normalized spacial score (nSPS) is 26.8. The second-order valence-electron chi connectivity index (χ2n) is 4.47. The molecule has 0 spiro atoms. The Morgan fingerprint density at radius 3 is 2.46 bits per heavy atom. The molecular formula is C13H18. The van der Waals surface area contributed by atoms with E-state index in [1.807, 2.05) is 0 Å². The van der Waals surface area contributed by atoms with Crippen LogP contribution in [0, 0.1) is 11.8 Å². The molecule has 1 aromatic carbocycles. The van der Waals surface area contributed by atoms with E-state index in [4.69, 9.17) is 0 Å². The minimum atomic E-state index is 1.00. The first-order valence-corrected chi connectivity index (χ1v) is 5.38. The number of hydrogen-bond acceptors (Lipinski definition) is 0. The second kappa shape index (κ2) is 3.95. The van der Waals surface area contributed by atoms with E-state index >= 15 is 0 Å².